The lowest BCUT2D eigenvalue weighted by atomic mass is 10.2. The van der Waals surface area contributed by atoms with Crippen LogP contribution in [0.3, 0.4) is 0 Å². The maximum absolute atomic E-state index is 11.8. The van der Waals surface area contributed by atoms with Crippen LogP contribution in [0.2, 0.25) is 0 Å². The number of oxazole rings is 1. The molecule has 1 heterocycles. The Labute approximate surface area is 124 Å². The van der Waals surface area contributed by atoms with Crippen molar-refractivity contribution >= 4 is 18.3 Å². The molecular weight excluding hydrogens is 278 g/mol. The topological polar surface area (TPSA) is 67.2 Å². The number of amides is 1. The van der Waals surface area contributed by atoms with E-state index in [9.17, 15) is 4.79 Å². The largest absolute Gasteiger partial charge is 0.444 e. The number of carbonyl (C=O) groups excluding carboxylic acids is 1. The molecular formula is C14H18ClN3O2. The van der Waals surface area contributed by atoms with E-state index in [1.165, 1.54) is 6.26 Å². The van der Waals surface area contributed by atoms with Crippen molar-refractivity contribution in [3.8, 4) is 11.5 Å². The van der Waals surface area contributed by atoms with E-state index in [-0.39, 0.29) is 24.4 Å². The molecule has 1 atom stereocenters. The SMILES string of the molecule is CNC(C)CNC(=O)c1coc(-c2ccccc2)n1.Cl. The average molecular weight is 296 g/mol. The minimum Gasteiger partial charge on any atom is -0.444 e. The molecule has 0 radical (unpaired) electrons. The van der Waals surface area contributed by atoms with Gasteiger partial charge in [0.15, 0.2) is 5.69 Å². The first-order valence-corrected chi connectivity index (χ1v) is 6.17. The zero-order valence-electron chi connectivity index (χ0n) is 11.4. The summed E-state index contributed by atoms with van der Waals surface area (Å²) >= 11 is 0. The Balaban J connectivity index is 0.00000200. The summed E-state index contributed by atoms with van der Waals surface area (Å²) in [6, 6.07) is 9.69. The van der Waals surface area contributed by atoms with Gasteiger partial charge in [-0.1, -0.05) is 18.2 Å². The zero-order valence-corrected chi connectivity index (χ0v) is 12.2. The van der Waals surface area contributed by atoms with Crippen LogP contribution >= 0.6 is 12.4 Å². The molecule has 2 aromatic rings. The third-order valence-electron chi connectivity index (χ3n) is 2.82. The second kappa shape index (κ2) is 7.67. The first kappa shape index (κ1) is 16.2. The van der Waals surface area contributed by atoms with Crippen molar-refractivity contribution in [2.45, 2.75) is 13.0 Å². The number of nitrogens with zero attached hydrogens (tertiary/aromatic N) is 1. The highest BCUT2D eigenvalue weighted by Crippen LogP contribution is 2.17. The standard InChI is InChI=1S/C14H17N3O2.ClH/c1-10(15-2)8-16-13(18)12-9-19-14(17-12)11-6-4-3-5-7-11;/h3-7,9-10,15H,8H2,1-2H3,(H,16,18);1H. The van der Waals surface area contributed by atoms with E-state index in [0.717, 1.165) is 5.56 Å². The Kier molecular flexibility index (Phi) is 6.21. The van der Waals surface area contributed by atoms with Crippen LogP contribution in [0.5, 0.6) is 0 Å². The Morgan fingerprint density at radius 1 is 1.35 bits per heavy atom. The fourth-order valence-corrected chi connectivity index (χ4v) is 1.53. The average Bonchev–Trinajstić information content (AvgIpc) is 2.95. The molecule has 0 fully saturated rings. The van der Waals surface area contributed by atoms with Gasteiger partial charge in [0.1, 0.15) is 6.26 Å². The van der Waals surface area contributed by atoms with Gasteiger partial charge in [-0.05, 0) is 26.1 Å². The van der Waals surface area contributed by atoms with E-state index in [2.05, 4.69) is 15.6 Å². The van der Waals surface area contributed by atoms with Gasteiger partial charge in [-0.25, -0.2) is 4.98 Å². The zero-order chi connectivity index (χ0) is 13.7. The number of hydrogen-bond donors (Lipinski definition) is 2. The van der Waals surface area contributed by atoms with Crippen LogP contribution in [-0.4, -0.2) is 30.5 Å². The summed E-state index contributed by atoms with van der Waals surface area (Å²) < 4.78 is 5.32. The van der Waals surface area contributed by atoms with Crippen molar-refractivity contribution in [2.24, 2.45) is 0 Å². The van der Waals surface area contributed by atoms with Crippen molar-refractivity contribution in [1.82, 2.24) is 15.6 Å². The molecule has 1 unspecified atom stereocenters. The minimum absolute atomic E-state index is 0. The van der Waals surface area contributed by atoms with Gasteiger partial charge < -0.3 is 15.1 Å². The van der Waals surface area contributed by atoms with E-state index in [1.54, 1.807) is 0 Å². The first-order chi connectivity index (χ1) is 9.20. The molecule has 2 rings (SSSR count). The third-order valence-corrected chi connectivity index (χ3v) is 2.82. The number of carbonyl (C=O) groups is 1. The summed E-state index contributed by atoms with van der Waals surface area (Å²) in [5, 5.41) is 5.83. The van der Waals surface area contributed by atoms with Crippen LogP contribution in [0, 0.1) is 0 Å². The van der Waals surface area contributed by atoms with E-state index >= 15 is 0 Å². The normalized spacial score (nSPS) is 11.5. The van der Waals surface area contributed by atoms with Crippen molar-refractivity contribution in [1.29, 1.82) is 0 Å². The summed E-state index contributed by atoms with van der Waals surface area (Å²) in [7, 11) is 1.85. The lowest BCUT2D eigenvalue weighted by molar-refractivity contribution is 0.0945. The van der Waals surface area contributed by atoms with E-state index < -0.39 is 0 Å². The molecule has 1 aromatic carbocycles. The van der Waals surface area contributed by atoms with Gasteiger partial charge in [-0.2, -0.15) is 0 Å². The molecule has 0 aliphatic heterocycles. The maximum Gasteiger partial charge on any atom is 0.273 e. The molecule has 2 N–H and O–H groups in total. The number of likely N-dealkylation sites (N-methyl/N-ethyl adjacent to an activating group) is 1. The fourth-order valence-electron chi connectivity index (χ4n) is 1.53. The van der Waals surface area contributed by atoms with E-state index in [0.29, 0.717) is 18.1 Å². The number of halogens is 1. The molecule has 0 saturated heterocycles. The maximum atomic E-state index is 11.8. The second-order valence-electron chi connectivity index (χ2n) is 4.30. The van der Waals surface area contributed by atoms with Gasteiger partial charge in [-0.15, -0.1) is 12.4 Å². The number of rotatable bonds is 5. The first-order valence-electron chi connectivity index (χ1n) is 6.17. The van der Waals surface area contributed by atoms with Crippen LogP contribution in [-0.2, 0) is 0 Å². The number of hydrogen-bond acceptors (Lipinski definition) is 4. The third kappa shape index (κ3) is 4.08. The summed E-state index contributed by atoms with van der Waals surface area (Å²) in [4.78, 5) is 16.0. The van der Waals surface area contributed by atoms with Crippen LogP contribution in [0.4, 0.5) is 0 Å². The smallest absolute Gasteiger partial charge is 0.273 e. The Morgan fingerprint density at radius 3 is 2.70 bits per heavy atom. The molecule has 6 heteroatoms. The molecule has 0 aliphatic rings. The highest BCUT2D eigenvalue weighted by atomic mass is 35.5. The number of aromatic nitrogens is 1. The highest BCUT2D eigenvalue weighted by Gasteiger charge is 2.13. The quantitative estimate of drug-likeness (QED) is 0.886. The van der Waals surface area contributed by atoms with Gasteiger partial charge in [0, 0.05) is 18.2 Å². The lowest BCUT2D eigenvalue weighted by Gasteiger charge is -2.09. The molecule has 1 amide bonds. The molecule has 0 bridgehead atoms. The molecule has 0 spiro atoms. The van der Waals surface area contributed by atoms with Gasteiger partial charge in [0.05, 0.1) is 0 Å². The predicted molar refractivity (Wildman–Crippen MR) is 80.0 cm³/mol. The Bertz CT molecular complexity index is 542. The molecule has 0 saturated carbocycles. The molecule has 108 valence electrons. The van der Waals surface area contributed by atoms with Crippen molar-refractivity contribution < 1.29 is 9.21 Å². The van der Waals surface area contributed by atoms with Crippen molar-refractivity contribution in [2.75, 3.05) is 13.6 Å². The summed E-state index contributed by atoms with van der Waals surface area (Å²) in [5.41, 5.74) is 1.15. The van der Waals surface area contributed by atoms with Crippen LogP contribution in [0.1, 0.15) is 17.4 Å². The summed E-state index contributed by atoms with van der Waals surface area (Å²) in [6.45, 7) is 2.53. The molecule has 20 heavy (non-hydrogen) atoms. The molecule has 0 aliphatic carbocycles. The monoisotopic (exact) mass is 295 g/mol. The van der Waals surface area contributed by atoms with Crippen molar-refractivity contribution in [3.63, 3.8) is 0 Å². The lowest BCUT2D eigenvalue weighted by Crippen LogP contribution is -2.37. The van der Waals surface area contributed by atoms with Crippen LogP contribution in [0.15, 0.2) is 41.0 Å². The van der Waals surface area contributed by atoms with Gasteiger partial charge in [0.2, 0.25) is 5.89 Å². The van der Waals surface area contributed by atoms with E-state index in [1.807, 2.05) is 44.3 Å². The molecule has 5 nitrogen and oxygen atoms in total. The van der Waals surface area contributed by atoms with E-state index in [4.69, 9.17) is 4.42 Å². The van der Waals surface area contributed by atoms with Gasteiger partial charge in [0.25, 0.3) is 5.91 Å². The van der Waals surface area contributed by atoms with Crippen molar-refractivity contribution in [3.05, 3.63) is 42.3 Å². The Hall–Kier alpha value is -1.85. The fraction of sp³-hybridized carbons (Fsp3) is 0.286. The predicted octanol–water partition coefficient (Wildman–Crippen LogP) is 2.10. The minimum atomic E-state index is -0.229. The number of benzene rings is 1. The molecule has 1 aromatic heterocycles. The van der Waals surface area contributed by atoms with Gasteiger partial charge in [-0.3, -0.25) is 4.79 Å². The summed E-state index contributed by atoms with van der Waals surface area (Å²) in [5.74, 6) is 0.223. The van der Waals surface area contributed by atoms with Gasteiger partial charge >= 0.3 is 0 Å². The highest BCUT2D eigenvalue weighted by molar-refractivity contribution is 5.92. The second-order valence-corrected chi connectivity index (χ2v) is 4.30. The van der Waals surface area contributed by atoms with Crippen LogP contribution in [0.25, 0.3) is 11.5 Å². The number of nitrogens with one attached hydrogen (secondary N) is 2. The van der Waals surface area contributed by atoms with Crippen LogP contribution < -0.4 is 10.6 Å². The summed E-state index contributed by atoms with van der Waals surface area (Å²) in [6.07, 6.45) is 1.38. The Morgan fingerprint density at radius 2 is 2.05 bits per heavy atom.